The smallest absolute Gasteiger partial charge is 0.189 e. The van der Waals surface area contributed by atoms with Gasteiger partial charge in [-0.15, -0.1) is 0 Å². The summed E-state index contributed by atoms with van der Waals surface area (Å²) in [6.45, 7) is 4.06. The zero-order chi connectivity index (χ0) is 14.7. The van der Waals surface area contributed by atoms with E-state index in [1.165, 1.54) is 37.4 Å². The molecular formula is C15H21N5S. The second kappa shape index (κ2) is 6.63. The van der Waals surface area contributed by atoms with Crippen LogP contribution in [0.25, 0.3) is 0 Å². The number of hydrogen-bond acceptors (Lipinski definition) is 6. The molecule has 1 aliphatic heterocycles. The molecule has 1 aromatic rings. The van der Waals surface area contributed by atoms with Crippen molar-refractivity contribution in [2.24, 2.45) is 0 Å². The Morgan fingerprint density at radius 3 is 2.57 bits per heavy atom. The second-order valence-electron chi connectivity index (χ2n) is 5.67. The van der Waals surface area contributed by atoms with Crippen molar-refractivity contribution in [2.45, 2.75) is 36.9 Å². The molecular weight excluding hydrogens is 282 g/mol. The maximum Gasteiger partial charge on any atom is 0.189 e. The molecule has 1 aliphatic carbocycles. The minimum atomic E-state index is 0.585. The van der Waals surface area contributed by atoms with E-state index in [1.807, 2.05) is 6.26 Å². The van der Waals surface area contributed by atoms with Crippen molar-refractivity contribution < 1.29 is 0 Å². The summed E-state index contributed by atoms with van der Waals surface area (Å²) in [4.78, 5) is 13.6. The minimum Gasteiger partial charge on any atom is -0.353 e. The number of piperazine rings is 1. The zero-order valence-corrected chi connectivity index (χ0v) is 13.3. The topological polar surface area (TPSA) is 56.1 Å². The van der Waals surface area contributed by atoms with Crippen LogP contribution in [-0.4, -0.2) is 53.3 Å². The van der Waals surface area contributed by atoms with Crippen LogP contribution in [0.1, 0.15) is 31.2 Å². The van der Waals surface area contributed by atoms with Gasteiger partial charge in [0, 0.05) is 32.2 Å². The molecule has 0 aromatic carbocycles. The summed E-state index contributed by atoms with van der Waals surface area (Å²) < 4.78 is 0. The fourth-order valence-corrected chi connectivity index (χ4v) is 3.68. The van der Waals surface area contributed by atoms with E-state index in [1.54, 1.807) is 6.20 Å². The van der Waals surface area contributed by atoms with Crippen molar-refractivity contribution in [1.29, 1.82) is 5.26 Å². The molecule has 2 fully saturated rings. The fraction of sp³-hybridized carbons (Fsp3) is 0.667. The molecule has 3 rings (SSSR count). The molecule has 0 bridgehead atoms. The van der Waals surface area contributed by atoms with Crippen LogP contribution in [0.3, 0.4) is 0 Å². The first kappa shape index (κ1) is 14.6. The zero-order valence-electron chi connectivity index (χ0n) is 12.5. The predicted molar refractivity (Wildman–Crippen MR) is 84.6 cm³/mol. The molecule has 1 saturated carbocycles. The van der Waals surface area contributed by atoms with E-state index < -0.39 is 0 Å². The number of hydrogen-bond donors (Lipinski definition) is 0. The number of anilines is 1. The standard InChI is InChI=1S/C15H21N5S/c1-21-15-17-11-12(10-16)14(18-15)20-8-6-19(7-9-20)13-4-2-3-5-13/h11,13H,2-9H2,1H3. The van der Waals surface area contributed by atoms with Crippen LogP contribution >= 0.6 is 11.8 Å². The third-order valence-electron chi connectivity index (χ3n) is 4.50. The molecule has 0 atom stereocenters. The van der Waals surface area contributed by atoms with Crippen molar-refractivity contribution in [3.05, 3.63) is 11.8 Å². The molecule has 5 nitrogen and oxygen atoms in total. The maximum atomic E-state index is 9.26. The van der Waals surface area contributed by atoms with Crippen molar-refractivity contribution in [3.8, 4) is 6.07 Å². The van der Waals surface area contributed by atoms with E-state index in [0.29, 0.717) is 5.56 Å². The summed E-state index contributed by atoms with van der Waals surface area (Å²) in [5.74, 6) is 0.808. The van der Waals surface area contributed by atoms with Crippen LogP contribution in [0.15, 0.2) is 11.4 Å². The van der Waals surface area contributed by atoms with Gasteiger partial charge in [0.1, 0.15) is 11.6 Å². The highest BCUT2D eigenvalue weighted by atomic mass is 32.2. The molecule has 6 heteroatoms. The highest BCUT2D eigenvalue weighted by molar-refractivity contribution is 7.98. The lowest BCUT2D eigenvalue weighted by atomic mass is 10.1. The Bertz CT molecular complexity index is 527. The Morgan fingerprint density at radius 2 is 1.95 bits per heavy atom. The number of aromatic nitrogens is 2. The van der Waals surface area contributed by atoms with E-state index in [4.69, 9.17) is 0 Å². The van der Waals surface area contributed by atoms with Gasteiger partial charge in [-0.05, 0) is 19.1 Å². The Balaban J connectivity index is 1.70. The first-order chi connectivity index (χ1) is 10.3. The van der Waals surface area contributed by atoms with Crippen molar-refractivity contribution in [1.82, 2.24) is 14.9 Å². The third kappa shape index (κ3) is 3.14. The van der Waals surface area contributed by atoms with Crippen LogP contribution < -0.4 is 4.90 Å². The summed E-state index contributed by atoms with van der Waals surface area (Å²) in [5.41, 5.74) is 0.585. The minimum absolute atomic E-state index is 0.585. The van der Waals surface area contributed by atoms with Crippen molar-refractivity contribution >= 4 is 17.6 Å². The Hall–Kier alpha value is -1.32. The largest absolute Gasteiger partial charge is 0.353 e. The number of nitrogens with zero attached hydrogens (tertiary/aromatic N) is 5. The lowest BCUT2D eigenvalue weighted by Gasteiger charge is -2.38. The first-order valence-corrected chi connectivity index (χ1v) is 8.84. The first-order valence-electron chi connectivity index (χ1n) is 7.62. The van der Waals surface area contributed by atoms with Gasteiger partial charge >= 0.3 is 0 Å². The van der Waals surface area contributed by atoms with E-state index in [-0.39, 0.29) is 0 Å². The molecule has 0 unspecified atom stereocenters. The lowest BCUT2D eigenvalue weighted by molar-refractivity contribution is 0.187. The fourth-order valence-electron chi connectivity index (χ4n) is 3.34. The van der Waals surface area contributed by atoms with Gasteiger partial charge < -0.3 is 4.90 Å². The van der Waals surface area contributed by atoms with Crippen molar-refractivity contribution in [3.63, 3.8) is 0 Å². The Kier molecular flexibility index (Phi) is 4.61. The second-order valence-corrected chi connectivity index (χ2v) is 6.44. The van der Waals surface area contributed by atoms with Gasteiger partial charge in [-0.2, -0.15) is 5.26 Å². The van der Waals surface area contributed by atoms with E-state index in [9.17, 15) is 5.26 Å². The van der Waals surface area contributed by atoms with Crippen molar-refractivity contribution in [2.75, 3.05) is 37.3 Å². The number of rotatable bonds is 3. The molecule has 0 N–H and O–H groups in total. The molecule has 0 radical (unpaired) electrons. The third-order valence-corrected chi connectivity index (χ3v) is 5.07. The normalized spacial score (nSPS) is 20.7. The summed E-state index contributed by atoms with van der Waals surface area (Å²) in [7, 11) is 0. The van der Waals surface area contributed by atoms with Crippen LogP contribution in [-0.2, 0) is 0 Å². The van der Waals surface area contributed by atoms with Gasteiger partial charge in [-0.25, -0.2) is 9.97 Å². The Morgan fingerprint density at radius 1 is 1.24 bits per heavy atom. The monoisotopic (exact) mass is 303 g/mol. The van der Waals surface area contributed by atoms with Crippen LogP contribution in [0, 0.1) is 11.3 Å². The van der Waals surface area contributed by atoms with E-state index >= 15 is 0 Å². The molecule has 0 amide bonds. The van der Waals surface area contributed by atoms with Gasteiger partial charge in [0.2, 0.25) is 0 Å². The van der Waals surface area contributed by atoms with E-state index in [2.05, 4.69) is 25.8 Å². The summed E-state index contributed by atoms with van der Waals surface area (Å²) >= 11 is 1.52. The van der Waals surface area contributed by atoms with Gasteiger partial charge in [0.25, 0.3) is 0 Å². The number of nitriles is 1. The van der Waals surface area contributed by atoms with Crippen LogP contribution in [0.2, 0.25) is 0 Å². The maximum absolute atomic E-state index is 9.26. The lowest BCUT2D eigenvalue weighted by Crippen LogP contribution is -2.50. The molecule has 112 valence electrons. The molecule has 0 spiro atoms. The van der Waals surface area contributed by atoms with Crippen LogP contribution in [0.4, 0.5) is 5.82 Å². The highest BCUT2D eigenvalue weighted by Gasteiger charge is 2.27. The van der Waals surface area contributed by atoms with Gasteiger partial charge in [0.15, 0.2) is 11.0 Å². The van der Waals surface area contributed by atoms with Gasteiger partial charge in [-0.1, -0.05) is 24.6 Å². The van der Waals surface area contributed by atoms with E-state index in [0.717, 1.165) is 43.2 Å². The number of thioether (sulfide) groups is 1. The average Bonchev–Trinajstić information content (AvgIpc) is 3.09. The van der Waals surface area contributed by atoms with Gasteiger partial charge in [-0.3, -0.25) is 4.90 Å². The summed E-state index contributed by atoms with van der Waals surface area (Å²) in [6.07, 6.45) is 9.08. The summed E-state index contributed by atoms with van der Waals surface area (Å²) in [6, 6.07) is 3.01. The summed E-state index contributed by atoms with van der Waals surface area (Å²) in [5, 5.41) is 10.0. The highest BCUT2D eigenvalue weighted by Crippen LogP contribution is 2.26. The predicted octanol–water partition coefficient (Wildman–Crippen LogP) is 2.13. The Labute approximate surface area is 130 Å². The molecule has 21 heavy (non-hydrogen) atoms. The molecule has 1 aromatic heterocycles. The quantitative estimate of drug-likeness (QED) is 0.630. The molecule has 2 heterocycles. The SMILES string of the molecule is CSc1ncc(C#N)c(N2CCN(C3CCCC3)CC2)n1. The van der Waals surface area contributed by atoms with Gasteiger partial charge in [0.05, 0.1) is 6.20 Å². The molecule has 2 aliphatic rings. The average molecular weight is 303 g/mol. The molecule has 1 saturated heterocycles. The van der Waals surface area contributed by atoms with Crippen LogP contribution in [0.5, 0.6) is 0 Å².